The second-order valence-electron chi connectivity index (χ2n) is 5.13. The zero-order valence-corrected chi connectivity index (χ0v) is 14.3. The van der Waals surface area contributed by atoms with Crippen molar-refractivity contribution in [3.63, 3.8) is 0 Å². The lowest BCUT2D eigenvalue weighted by Crippen LogP contribution is -2.19. The highest BCUT2D eigenvalue weighted by Crippen LogP contribution is 2.28. The highest BCUT2D eigenvalue weighted by atomic mass is 32.2. The van der Waals surface area contributed by atoms with Crippen LogP contribution in [0.4, 0.5) is 13.2 Å². The fraction of sp³-hybridized carbons (Fsp3) is 0.250. The second kappa shape index (κ2) is 8.11. The van der Waals surface area contributed by atoms with Gasteiger partial charge in [0.05, 0.1) is 17.5 Å². The third kappa shape index (κ3) is 6.18. The Morgan fingerprint density at radius 3 is 2.36 bits per heavy atom. The first-order valence-electron chi connectivity index (χ1n) is 7.18. The molecule has 0 saturated heterocycles. The van der Waals surface area contributed by atoms with Crippen LogP contribution in [0.3, 0.4) is 0 Å². The molecule has 0 aliphatic rings. The van der Waals surface area contributed by atoms with Gasteiger partial charge in [0, 0.05) is 11.4 Å². The van der Waals surface area contributed by atoms with E-state index in [1.807, 2.05) is 19.9 Å². The number of nitrogens with zero attached hydrogens (tertiary/aromatic N) is 3. The number of halogens is 3. The van der Waals surface area contributed by atoms with E-state index in [2.05, 4.69) is 20.5 Å². The lowest BCUT2D eigenvalue weighted by Gasteiger charge is -2.05. The summed E-state index contributed by atoms with van der Waals surface area (Å²) in [6, 6.07) is 6.29. The molecule has 1 amide bonds. The number of rotatable bonds is 5. The summed E-state index contributed by atoms with van der Waals surface area (Å²) in [5.41, 5.74) is 3.64. The van der Waals surface area contributed by atoms with Crippen LogP contribution in [0.25, 0.3) is 0 Å². The number of alkyl halides is 3. The summed E-state index contributed by atoms with van der Waals surface area (Å²) in [5.74, 6) is -0.288. The molecule has 25 heavy (non-hydrogen) atoms. The van der Waals surface area contributed by atoms with Gasteiger partial charge in [-0.2, -0.15) is 18.3 Å². The molecule has 1 aromatic carbocycles. The Morgan fingerprint density at radius 1 is 1.20 bits per heavy atom. The number of hydrogen-bond acceptors (Lipinski definition) is 5. The van der Waals surface area contributed by atoms with Crippen molar-refractivity contribution < 1.29 is 18.0 Å². The Bertz CT molecular complexity index is 756. The first-order valence-corrected chi connectivity index (χ1v) is 8.17. The topological polar surface area (TPSA) is 67.2 Å². The Labute approximate surface area is 146 Å². The first-order chi connectivity index (χ1) is 11.7. The Hall–Kier alpha value is -2.42. The molecular formula is C16H15F3N4OS. The molecule has 2 aromatic rings. The minimum absolute atomic E-state index is 0.0766. The number of amides is 1. The molecule has 9 heteroatoms. The molecule has 0 spiro atoms. The summed E-state index contributed by atoms with van der Waals surface area (Å²) in [4.78, 5) is 20.1. The summed E-state index contributed by atoms with van der Waals surface area (Å²) in [6.07, 6.45) is -3.10. The average molecular weight is 368 g/mol. The molecule has 132 valence electrons. The molecular weight excluding hydrogens is 353 g/mol. The largest absolute Gasteiger partial charge is 0.416 e. The molecule has 1 heterocycles. The number of thioether (sulfide) groups is 1. The highest BCUT2D eigenvalue weighted by Gasteiger charge is 2.29. The number of carbonyl (C=O) groups is 1. The van der Waals surface area contributed by atoms with Crippen molar-refractivity contribution in [1.82, 2.24) is 15.4 Å². The van der Waals surface area contributed by atoms with Gasteiger partial charge in [-0.3, -0.25) is 4.79 Å². The molecule has 0 bridgehead atoms. The molecule has 0 fully saturated rings. The zero-order chi connectivity index (χ0) is 18.4. The van der Waals surface area contributed by atoms with Crippen molar-refractivity contribution in [3.8, 4) is 0 Å². The van der Waals surface area contributed by atoms with E-state index in [0.29, 0.717) is 10.7 Å². The van der Waals surface area contributed by atoms with Gasteiger partial charge in [-0.05, 0) is 37.6 Å². The minimum Gasteiger partial charge on any atom is -0.272 e. The molecule has 1 aromatic heterocycles. The van der Waals surface area contributed by atoms with Crippen LogP contribution in [0.1, 0.15) is 22.5 Å². The summed E-state index contributed by atoms with van der Waals surface area (Å²) in [6.45, 7) is 3.68. The van der Waals surface area contributed by atoms with Crippen LogP contribution >= 0.6 is 11.8 Å². The van der Waals surface area contributed by atoms with Gasteiger partial charge in [0.15, 0.2) is 5.16 Å². The Kier molecular flexibility index (Phi) is 6.13. The molecule has 0 unspecified atom stereocenters. The van der Waals surface area contributed by atoms with Crippen LogP contribution in [0.2, 0.25) is 0 Å². The van der Waals surface area contributed by atoms with Crippen LogP contribution in [-0.2, 0) is 11.0 Å². The predicted molar refractivity (Wildman–Crippen MR) is 89.4 cm³/mol. The van der Waals surface area contributed by atoms with E-state index in [9.17, 15) is 18.0 Å². The van der Waals surface area contributed by atoms with E-state index in [0.717, 1.165) is 23.5 Å². The smallest absolute Gasteiger partial charge is 0.272 e. The van der Waals surface area contributed by atoms with E-state index in [1.165, 1.54) is 30.1 Å². The average Bonchev–Trinajstić information content (AvgIpc) is 2.52. The third-order valence-electron chi connectivity index (χ3n) is 2.94. The van der Waals surface area contributed by atoms with Crippen LogP contribution in [0.5, 0.6) is 0 Å². The molecule has 0 aliphatic carbocycles. The lowest BCUT2D eigenvalue weighted by molar-refractivity contribution is -0.137. The number of hydrazone groups is 1. The number of aromatic nitrogens is 2. The van der Waals surface area contributed by atoms with Crippen LogP contribution in [0, 0.1) is 13.8 Å². The van der Waals surface area contributed by atoms with Gasteiger partial charge in [-0.1, -0.05) is 23.9 Å². The minimum atomic E-state index is -4.38. The maximum absolute atomic E-state index is 12.4. The molecule has 0 aliphatic heterocycles. The SMILES string of the molecule is Cc1cc(C)nc(SCC(=O)N/N=C\c2ccc(C(F)(F)F)cc2)n1. The number of aryl methyl sites for hydroxylation is 2. The first kappa shape index (κ1) is 18.9. The van der Waals surface area contributed by atoms with Crippen LogP contribution < -0.4 is 5.43 Å². The molecule has 0 atom stereocenters. The zero-order valence-electron chi connectivity index (χ0n) is 13.5. The maximum Gasteiger partial charge on any atom is 0.416 e. The molecule has 0 saturated carbocycles. The van der Waals surface area contributed by atoms with Gasteiger partial charge >= 0.3 is 6.18 Å². The van der Waals surface area contributed by atoms with Crippen LogP contribution in [-0.4, -0.2) is 27.8 Å². The molecule has 5 nitrogen and oxygen atoms in total. The van der Waals surface area contributed by atoms with Crippen molar-refractivity contribution in [1.29, 1.82) is 0 Å². The summed E-state index contributed by atoms with van der Waals surface area (Å²) in [7, 11) is 0. The van der Waals surface area contributed by atoms with E-state index >= 15 is 0 Å². The molecule has 2 rings (SSSR count). The normalized spacial score (nSPS) is 11.7. The van der Waals surface area contributed by atoms with E-state index in [4.69, 9.17) is 0 Å². The van der Waals surface area contributed by atoms with Crippen molar-refractivity contribution in [2.45, 2.75) is 25.2 Å². The van der Waals surface area contributed by atoms with E-state index < -0.39 is 11.7 Å². The van der Waals surface area contributed by atoms with Crippen molar-refractivity contribution in [3.05, 3.63) is 52.8 Å². The monoisotopic (exact) mass is 368 g/mol. The standard InChI is InChI=1S/C16H15F3N4OS/c1-10-7-11(2)22-15(21-10)25-9-14(24)23-20-8-12-3-5-13(6-4-12)16(17,18)19/h3-8H,9H2,1-2H3,(H,23,24)/b20-8-. The van der Waals surface area contributed by atoms with E-state index in [-0.39, 0.29) is 11.7 Å². The summed E-state index contributed by atoms with van der Waals surface area (Å²) in [5, 5.41) is 4.22. The number of carbonyl (C=O) groups excluding carboxylic acids is 1. The van der Waals surface area contributed by atoms with Gasteiger partial charge in [0.2, 0.25) is 0 Å². The molecule has 0 radical (unpaired) electrons. The quantitative estimate of drug-likeness (QED) is 0.380. The fourth-order valence-electron chi connectivity index (χ4n) is 1.86. The van der Waals surface area contributed by atoms with E-state index in [1.54, 1.807) is 0 Å². The maximum atomic E-state index is 12.4. The third-order valence-corrected chi connectivity index (χ3v) is 3.78. The Balaban J connectivity index is 1.84. The van der Waals surface area contributed by atoms with Gasteiger partial charge in [0.1, 0.15) is 0 Å². The van der Waals surface area contributed by atoms with Crippen molar-refractivity contribution in [2.24, 2.45) is 5.10 Å². The molecule has 1 N–H and O–H groups in total. The van der Waals surface area contributed by atoms with Crippen molar-refractivity contribution >= 4 is 23.9 Å². The number of nitrogens with one attached hydrogen (secondary N) is 1. The van der Waals surface area contributed by atoms with Gasteiger partial charge in [-0.25, -0.2) is 15.4 Å². The predicted octanol–water partition coefficient (Wildman–Crippen LogP) is 3.35. The summed E-state index contributed by atoms with van der Waals surface area (Å²) >= 11 is 1.17. The number of benzene rings is 1. The van der Waals surface area contributed by atoms with Crippen molar-refractivity contribution in [2.75, 3.05) is 5.75 Å². The van der Waals surface area contributed by atoms with Gasteiger partial charge in [-0.15, -0.1) is 0 Å². The van der Waals surface area contributed by atoms with Crippen LogP contribution in [0.15, 0.2) is 40.6 Å². The fourth-order valence-corrected chi connectivity index (χ4v) is 2.60. The highest BCUT2D eigenvalue weighted by molar-refractivity contribution is 7.99. The second-order valence-corrected chi connectivity index (χ2v) is 6.08. The van der Waals surface area contributed by atoms with Gasteiger partial charge < -0.3 is 0 Å². The Morgan fingerprint density at radius 2 is 1.80 bits per heavy atom. The summed E-state index contributed by atoms with van der Waals surface area (Å²) < 4.78 is 37.3. The number of hydrogen-bond donors (Lipinski definition) is 1. The lowest BCUT2D eigenvalue weighted by atomic mass is 10.1. The van der Waals surface area contributed by atoms with Gasteiger partial charge in [0.25, 0.3) is 5.91 Å².